The van der Waals surface area contributed by atoms with E-state index in [1.54, 1.807) is 0 Å². The zero-order valence-corrected chi connectivity index (χ0v) is 15.7. The van der Waals surface area contributed by atoms with Crippen LogP contribution in [0.5, 0.6) is 0 Å². The fourth-order valence-electron chi connectivity index (χ4n) is 3.57. The highest BCUT2D eigenvalue weighted by atomic mass is 31.2. The quantitative estimate of drug-likeness (QED) is 0.722. The molecule has 1 fully saturated rings. The maximum Gasteiger partial charge on any atom is 0.272 e. The van der Waals surface area contributed by atoms with Crippen LogP contribution in [0.2, 0.25) is 0 Å². The lowest BCUT2D eigenvalue weighted by atomic mass is 10.0. The fourth-order valence-corrected chi connectivity index (χ4v) is 6.39. The highest BCUT2D eigenvalue weighted by Gasteiger charge is 2.29. The number of aromatic nitrogens is 2. The molecular weight excluding hydrogens is 345 g/mol. The number of rotatable bonds is 3. The highest BCUT2D eigenvalue weighted by Crippen LogP contribution is 2.46. The van der Waals surface area contributed by atoms with Gasteiger partial charge in [0.15, 0.2) is 0 Å². The van der Waals surface area contributed by atoms with Gasteiger partial charge in [-0.1, -0.05) is 36.4 Å². The molecule has 0 spiro atoms. The first-order chi connectivity index (χ1) is 12.5. The number of nitrogens with zero attached hydrogens (tertiary/aromatic N) is 2. The van der Waals surface area contributed by atoms with Crippen LogP contribution in [0.4, 0.5) is 0 Å². The van der Waals surface area contributed by atoms with Crippen molar-refractivity contribution in [2.24, 2.45) is 0 Å². The molecule has 0 bridgehead atoms. The molecule has 1 aliphatic rings. The van der Waals surface area contributed by atoms with Crippen molar-refractivity contribution in [1.82, 2.24) is 15.1 Å². The predicted molar refractivity (Wildman–Crippen MR) is 106 cm³/mol. The van der Waals surface area contributed by atoms with E-state index in [1.807, 2.05) is 42.5 Å². The topological polar surface area (TPSA) is 66.1 Å². The minimum absolute atomic E-state index is 0.172. The number of fused-ring (bicyclic) bond motifs is 1. The molecule has 5 nitrogen and oxygen atoms in total. The van der Waals surface area contributed by atoms with Crippen LogP contribution in [0.3, 0.4) is 0 Å². The molecule has 6 heteroatoms. The third-order valence-electron chi connectivity index (χ3n) is 5.21. The molecule has 134 valence electrons. The summed E-state index contributed by atoms with van der Waals surface area (Å²) in [6, 6.07) is 15.6. The maximum atomic E-state index is 13.4. The average Bonchev–Trinajstić information content (AvgIpc) is 2.67. The van der Waals surface area contributed by atoms with E-state index in [1.165, 1.54) is 0 Å². The van der Waals surface area contributed by atoms with Gasteiger partial charge in [-0.25, -0.2) is 5.10 Å². The van der Waals surface area contributed by atoms with Crippen LogP contribution in [0.15, 0.2) is 53.3 Å². The molecule has 3 aromatic rings. The lowest BCUT2D eigenvalue weighted by Crippen LogP contribution is -2.34. The summed E-state index contributed by atoms with van der Waals surface area (Å²) in [7, 11) is -0.234. The van der Waals surface area contributed by atoms with E-state index in [0.717, 1.165) is 47.4 Å². The second-order valence-corrected chi connectivity index (χ2v) is 10.2. The van der Waals surface area contributed by atoms with Crippen LogP contribution < -0.4 is 10.9 Å². The zero-order valence-electron chi connectivity index (χ0n) is 14.8. The molecule has 2 aromatic carbocycles. The molecule has 0 unspecified atom stereocenters. The Bertz CT molecular complexity index is 1050. The van der Waals surface area contributed by atoms with Gasteiger partial charge in [0.1, 0.15) is 7.14 Å². The Balaban J connectivity index is 1.68. The van der Waals surface area contributed by atoms with Gasteiger partial charge in [-0.15, -0.1) is 0 Å². The summed E-state index contributed by atoms with van der Waals surface area (Å²) in [5, 5.41) is 9.33. The van der Waals surface area contributed by atoms with Crippen molar-refractivity contribution in [2.75, 3.05) is 32.5 Å². The lowest BCUT2D eigenvalue weighted by Gasteiger charge is -2.29. The molecule has 1 saturated heterocycles. The second-order valence-electron chi connectivity index (χ2n) is 7.03. The van der Waals surface area contributed by atoms with E-state index >= 15 is 0 Å². The molecule has 26 heavy (non-hydrogen) atoms. The van der Waals surface area contributed by atoms with Crippen molar-refractivity contribution in [3.05, 3.63) is 70.1 Å². The molecule has 0 atom stereocenters. The number of H-pyrrole nitrogens is 1. The maximum absolute atomic E-state index is 13.4. The van der Waals surface area contributed by atoms with Crippen molar-refractivity contribution < 1.29 is 4.57 Å². The predicted octanol–water partition coefficient (Wildman–Crippen LogP) is 2.45. The molecule has 0 amide bonds. The van der Waals surface area contributed by atoms with Crippen molar-refractivity contribution in [2.45, 2.75) is 6.42 Å². The molecule has 0 saturated carbocycles. The van der Waals surface area contributed by atoms with Crippen LogP contribution in [0, 0.1) is 0 Å². The van der Waals surface area contributed by atoms with Crippen LogP contribution in [0.1, 0.15) is 11.3 Å². The minimum atomic E-state index is -2.31. The second kappa shape index (κ2) is 6.82. The van der Waals surface area contributed by atoms with E-state index < -0.39 is 7.14 Å². The van der Waals surface area contributed by atoms with Gasteiger partial charge >= 0.3 is 0 Å². The van der Waals surface area contributed by atoms with Crippen molar-refractivity contribution in [3.63, 3.8) is 0 Å². The van der Waals surface area contributed by atoms with Crippen molar-refractivity contribution >= 4 is 23.2 Å². The Hall–Kier alpha value is -2.23. The van der Waals surface area contributed by atoms with Gasteiger partial charge < -0.3 is 9.46 Å². The normalized spacial score (nSPS) is 17.4. The summed E-state index contributed by atoms with van der Waals surface area (Å²) in [6.07, 6.45) is 2.09. The first-order valence-electron chi connectivity index (χ1n) is 8.88. The summed E-state index contributed by atoms with van der Waals surface area (Å²) in [5.41, 5.74) is 1.73. The summed E-state index contributed by atoms with van der Waals surface area (Å²) < 4.78 is 13.4. The molecule has 4 rings (SSSR count). The highest BCUT2D eigenvalue weighted by molar-refractivity contribution is 7.71. The smallest absolute Gasteiger partial charge is 0.272 e. The van der Waals surface area contributed by atoms with Gasteiger partial charge in [-0.05, 0) is 24.7 Å². The van der Waals surface area contributed by atoms with Crippen LogP contribution >= 0.6 is 7.14 Å². The Morgan fingerprint density at radius 2 is 1.81 bits per heavy atom. The average molecular weight is 367 g/mol. The summed E-state index contributed by atoms with van der Waals surface area (Å²) >= 11 is 0. The largest absolute Gasteiger partial charge is 0.319 e. The van der Waals surface area contributed by atoms with E-state index in [2.05, 4.69) is 28.2 Å². The van der Waals surface area contributed by atoms with Crippen molar-refractivity contribution in [3.8, 4) is 0 Å². The fraction of sp³-hybridized carbons (Fsp3) is 0.300. The molecule has 0 radical (unpaired) electrons. The molecule has 0 aliphatic carbocycles. The Kier molecular flexibility index (Phi) is 4.51. The van der Waals surface area contributed by atoms with Crippen molar-refractivity contribution in [1.29, 1.82) is 0 Å². The molecular formula is C20H22N3O2P. The summed E-state index contributed by atoms with van der Waals surface area (Å²) in [4.78, 5) is 14.2. The Morgan fingerprint density at radius 3 is 2.58 bits per heavy atom. The molecule has 2 heterocycles. The lowest BCUT2D eigenvalue weighted by molar-refractivity contribution is 0.361. The van der Waals surface area contributed by atoms with Gasteiger partial charge in [0.25, 0.3) is 5.56 Å². The Morgan fingerprint density at radius 1 is 1.08 bits per heavy atom. The van der Waals surface area contributed by atoms with Crippen LogP contribution in [0.25, 0.3) is 10.8 Å². The first-order valence-corrected chi connectivity index (χ1v) is 11.0. The third-order valence-corrected chi connectivity index (χ3v) is 8.28. The molecule has 1 aromatic heterocycles. The van der Waals surface area contributed by atoms with E-state index in [9.17, 15) is 9.36 Å². The monoisotopic (exact) mass is 367 g/mol. The minimum Gasteiger partial charge on any atom is -0.319 e. The van der Waals surface area contributed by atoms with E-state index in [-0.39, 0.29) is 5.56 Å². The Labute approximate surface area is 152 Å². The van der Waals surface area contributed by atoms with Crippen LogP contribution in [-0.4, -0.2) is 47.6 Å². The van der Waals surface area contributed by atoms with Gasteiger partial charge in [0.05, 0.1) is 11.1 Å². The number of hydrogen-bond donors (Lipinski definition) is 1. The van der Waals surface area contributed by atoms with Gasteiger partial charge in [-0.2, -0.15) is 5.10 Å². The summed E-state index contributed by atoms with van der Waals surface area (Å²) in [5.74, 6) is 0. The SMILES string of the molecule is CN1CCP(=O)(c2cccc(Cc3n[nH]c(=O)c4ccccc34)c2)CC1. The number of hydrogen-bond acceptors (Lipinski definition) is 4. The van der Waals surface area contributed by atoms with Gasteiger partial charge in [0.2, 0.25) is 0 Å². The molecule has 1 N–H and O–H groups in total. The molecule has 1 aliphatic heterocycles. The number of nitrogens with one attached hydrogen (secondary N) is 1. The van der Waals surface area contributed by atoms with Gasteiger partial charge in [0, 0.05) is 42.5 Å². The van der Waals surface area contributed by atoms with E-state index in [0.29, 0.717) is 11.8 Å². The van der Waals surface area contributed by atoms with E-state index in [4.69, 9.17) is 0 Å². The summed E-state index contributed by atoms with van der Waals surface area (Å²) in [6.45, 7) is 1.77. The number of aromatic amines is 1. The standard InChI is InChI=1S/C20H22N3O2P/c1-23-9-11-26(25,12-10-23)16-6-4-5-15(13-16)14-19-17-7-2-3-8-18(17)20(24)22-21-19/h2-8,13H,9-12,14H2,1H3,(H,22,24). The first kappa shape index (κ1) is 17.2. The van der Waals surface area contributed by atoms with Crippen LogP contribution in [-0.2, 0) is 11.0 Å². The third kappa shape index (κ3) is 3.25. The zero-order chi connectivity index (χ0) is 18.1. The van der Waals surface area contributed by atoms with Gasteiger partial charge in [-0.3, -0.25) is 4.79 Å². The number of benzene rings is 2.